The van der Waals surface area contributed by atoms with Crippen molar-refractivity contribution in [2.75, 3.05) is 14.2 Å². The number of benzene rings is 2. The fraction of sp³-hybridized carbons (Fsp3) is 0.250. The molecule has 0 spiro atoms. The quantitative estimate of drug-likeness (QED) is 0.920. The smallest absolute Gasteiger partial charge is 0.129 e. The Hall–Kier alpha value is -2.14. The van der Waals surface area contributed by atoms with Crippen LogP contribution < -0.4 is 15.2 Å². The second-order valence-electron chi connectivity index (χ2n) is 4.65. The zero-order valence-corrected chi connectivity index (χ0v) is 11.9. The molecule has 0 radical (unpaired) electrons. The molecule has 1 atom stereocenters. The Balaban J connectivity index is 2.28. The van der Waals surface area contributed by atoms with E-state index in [2.05, 4.69) is 0 Å². The van der Waals surface area contributed by atoms with Crippen molar-refractivity contribution in [2.45, 2.75) is 12.5 Å². The maximum atomic E-state index is 13.7. The number of hydrogen-bond donors (Lipinski definition) is 1. The summed E-state index contributed by atoms with van der Waals surface area (Å²) in [7, 11) is 3.09. The Morgan fingerprint density at radius 3 is 2.43 bits per heavy atom. The molecule has 0 amide bonds. The van der Waals surface area contributed by atoms with Gasteiger partial charge in [-0.05, 0) is 36.2 Å². The SMILES string of the molecule is COc1ccc(OC)c(C(N)Cc2ccc(F)cc2F)c1. The van der Waals surface area contributed by atoms with Gasteiger partial charge in [-0.3, -0.25) is 0 Å². The highest BCUT2D eigenvalue weighted by Gasteiger charge is 2.16. The van der Waals surface area contributed by atoms with Crippen LogP contribution in [0.25, 0.3) is 0 Å². The maximum Gasteiger partial charge on any atom is 0.129 e. The summed E-state index contributed by atoms with van der Waals surface area (Å²) in [6, 6.07) is 8.23. The van der Waals surface area contributed by atoms with E-state index in [1.54, 1.807) is 25.3 Å². The van der Waals surface area contributed by atoms with E-state index in [-0.39, 0.29) is 6.42 Å². The Bertz CT molecular complexity index is 632. The number of rotatable bonds is 5. The number of nitrogens with two attached hydrogens (primary N) is 1. The van der Waals surface area contributed by atoms with Crippen molar-refractivity contribution in [3.8, 4) is 11.5 Å². The molecular weight excluding hydrogens is 276 g/mol. The molecule has 2 rings (SSSR count). The number of halogens is 2. The van der Waals surface area contributed by atoms with Crippen molar-refractivity contribution in [1.82, 2.24) is 0 Å². The Morgan fingerprint density at radius 2 is 1.81 bits per heavy atom. The second-order valence-corrected chi connectivity index (χ2v) is 4.65. The largest absolute Gasteiger partial charge is 0.497 e. The molecule has 3 nitrogen and oxygen atoms in total. The molecule has 1 unspecified atom stereocenters. The number of hydrogen-bond acceptors (Lipinski definition) is 3. The molecule has 2 aromatic carbocycles. The highest BCUT2D eigenvalue weighted by Crippen LogP contribution is 2.30. The standard InChI is InChI=1S/C16H17F2NO2/c1-20-12-5-6-16(21-2)13(9-12)15(19)7-10-3-4-11(17)8-14(10)18/h3-6,8-9,15H,7,19H2,1-2H3. The molecule has 0 saturated heterocycles. The molecule has 112 valence electrons. The molecule has 2 aromatic rings. The molecule has 0 aliphatic heterocycles. The highest BCUT2D eigenvalue weighted by atomic mass is 19.1. The van der Waals surface area contributed by atoms with Gasteiger partial charge in [-0.2, -0.15) is 0 Å². The number of ether oxygens (including phenoxy) is 2. The third-order valence-electron chi connectivity index (χ3n) is 3.29. The first-order chi connectivity index (χ1) is 10.0. The first-order valence-corrected chi connectivity index (χ1v) is 6.46. The van der Waals surface area contributed by atoms with Gasteiger partial charge >= 0.3 is 0 Å². The topological polar surface area (TPSA) is 44.5 Å². The average molecular weight is 293 g/mol. The first kappa shape index (κ1) is 15.3. The summed E-state index contributed by atoms with van der Waals surface area (Å²) in [4.78, 5) is 0. The molecule has 21 heavy (non-hydrogen) atoms. The summed E-state index contributed by atoms with van der Waals surface area (Å²) >= 11 is 0. The van der Waals surface area contributed by atoms with Crippen LogP contribution in [0.3, 0.4) is 0 Å². The minimum absolute atomic E-state index is 0.232. The van der Waals surface area contributed by atoms with Crippen LogP contribution >= 0.6 is 0 Å². The van der Waals surface area contributed by atoms with Gasteiger partial charge in [-0.1, -0.05) is 6.07 Å². The van der Waals surface area contributed by atoms with Gasteiger partial charge < -0.3 is 15.2 Å². The molecule has 0 saturated carbocycles. The maximum absolute atomic E-state index is 13.7. The van der Waals surface area contributed by atoms with Gasteiger partial charge in [0.15, 0.2) is 0 Å². The van der Waals surface area contributed by atoms with Crippen molar-refractivity contribution in [3.63, 3.8) is 0 Å². The van der Waals surface area contributed by atoms with Crippen molar-refractivity contribution in [1.29, 1.82) is 0 Å². The van der Waals surface area contributed by atoms with Gasteiger partial charge in [0.05, 0.1) is 14.2 Å². The van der Waals surface area contributed by atoms with Gasteiger partial charge in [0.1, 0.15) is 23.1 Å². The van der Waals surface area contributed by atoms with Crippen LogP contribution in [-0.4, -0.2) is 14.2 Å². The van der Waals surface area contributed by atoms with E-state index in [1.807, 2.05) is 0 Å². The molecule has 0 aliphatic carbocycles. The van der Waals surface area contributed by atoms with Crippen molar-refractivity contribution in [2.24, 2.45) is 5.73 Å². The lowest BCUT2D eigenvalue weighted by Gasteiger charge is -2.17. The molecule has 0 aliphatic rings. The molecule has 0 heterocycles. The van der Waals surface area contributed by atoms with Crippen LogP contribution in [0.1, 0.15) is 17.2 Å². The Morgan fingerprint density at radius 1 is 1.05 bits per heavy atom. The van der Waals surface area contributed by atoms with Crippen LogP contribution in [0.4, 0.5) is 8.78 Å². The molecule has 0 bridgehead atoms. The summed E-state index contributed by atoms with van der Waals surface area (Å²) in [6.45, 7) is 0. The normalized spacial score (nSPS) is 12.0. The summed E-state index contributed by atoms with van der Waals surface area (Å²) in [5.74, 6) is 0.0303. The zero-order valence-electron chi connectivity index (χ0n) is 11.9. The van der Waals surface area contributed by atoms with E-state index in [1.165, 1.54) is 19.2 Å². The van der Waals surface area contributed by atoms with Crippen LogP contribution in [-0.2, 0) is 6.42 Å². The van der Waals surface area contributed by atoms with E-state index in [0.717, 1.165) is 6.07 Å². The first-order valence-electron chi connectivity index (χ1n) is 6.46. The van der Waals surface area contributed by atoms with Crippen LogP contribution in [0.15, 0.2) is 36.4 Å². The lowest BCUT2D eigenvalue weighted by molar-refractivity contribution is 0.395. The van der Waals surface area contributed by atoms with Gasteiger partial charge in [0.25, 0.3) is 0 Å². The average Bonchev–Trinajstić information content (AvgIpc) is 2.49. The Kier molecular flexibility index (Phi) is 4.75. The summed E-state index contributed by atoms with van der Waals surface area (Å²) in [5.41, 5.74) is 7.20. The molecule has 2 N–H and O–H groups in total. The van der Waals surface area contributed by atoms with Gasteiger partial charge in [0, 0.05) is 17.7 Å². The van der Waals surface area contributed by atoms with E-state index in [0.29, 0.717) is 22.6 Å². The predicted molar refractivity (Wildman–Crippen MR) is 76.5 cm³/mol. The molecule has 0 fully saturated rings. The third kappa shape index (κ3) is 3.49. The molecule has 5 heteroatoms. The summed E-state index contributed by atoms with van der Waals surface area (Å²) in [5, 5.41) is 0. The Labute approximate surface area is 122 Å². The van der Waals surface area contributed by atoms with Gasteiger partial charge in [0.2, 0.25) is 0 Å². The molecular formula is C16H17F2NO2. The van der Waals surface area contributed by atoms with Crippen LogP contribution in [0.2, 0.25) is 0 Å². The van der Waals surface area contributed by atoms with E-state index < -0.39 is 17.7 Å². The lowest BCUT2D eigenvalue weighted by atomic mass is 9.98. The summed E-state index contributed by atoms with van der Waals surface area (Å²) < 4.78 is 37.0. The third-order valence-corrected chi connectivity index (χ3v) is 3.29. The van der Waals surface area contributed by atoms with E-state index in [4.69, 9.17) is 15.2 Å². The monoisotopic (exact) mass is 293 g/mol. The minimum Gasteiger partial charge on any atom is -0.497 e. The van der Waals surface area contributed by atoms with Gasteiger partial charge in [-0.25, -0.2) is 8.78 Å². The van der Waals surface area contributed by atoms with Crippen LogP contribution in [0.5, 0.6) is 11.5 Å². The van der Waals surface area contributed by atoms with Crippen molar-refractivity contribution < 1.29 is 18.3 Å². The van der Waals surface area contributed by atoms with E-state index in [9.17, 15) is 8.78 Å². The molecule has 0 aromatic heterocycles. The fourth-order valence-electron chi connectivity index (χ4n) is 2.16. The second kappa shape index (κ2) is 6.54. The zero-order chi connectivity index (χ0) is 15.4. The van der Waals surface area contributed by atoms with Gasteiger partial charge in [-0.15, -0.1) is 0 Å². The highest BCUT2D eigenvalue weighted by molar-refractivity contribution is 5.42. The van der Waals surface area contributed by atoms with Crippen molar-refractivity contribution in [3.05, 3.63) is 59.2 Å². The lowest BCUT2D eigenvalue weighted by Crippen LogP contribution is -2.15. The van der Waals surface area contributed by atoms with Crippen molar-refractivity contribution >= 4 is 0 Å². The fourth-order valence-corrected chi connectivity index (χ4v) is 2.16. The summed E-state index contributed by atoms with van der Waals surface area (Å²) in [6.07, 6.45) is 0.232. The predicted octanol–water partition coefficient (Wildman–Crippen LogP) is 3.22. The van der Waals surface area contributed by atoms with Crippen LogP contribution in [0, 0.1) is 11.6 Å². The minimum atomic E-state index is -0.608. The van der Waals surface area contributed by atoms with E-state index >= 15 is 0 Å². The number of methoxy groups -OCH3 is 2.